The highest BCUT2D eigenvalue weighted by Gasteiger charge is 2.32. The molecule has 126 valence electrons. The second-order valence-electron chi connectivity index (χ2n) is 5.98. The van der Waals surface area contributed by atoms with Gasteiger partial charge in [-0.05, 0) is 80.8 Å². The number of amides is 1. The Bertz CT molecular complexity index is 811. The molecule has 0 saturated carbocycles. The van der Waals surface area contributed by atoms with Crippen LogP contribution in [-0.2, 0) is 12.8 Å². The quantitative estimate of drug-likeness (QED) is 0.646. The van der Waals surface area contributed by atoms with Crippen LogP contribution in [0.2, 0.25) is 0 Å². The van der Waals surface area contributed by atoms with Crippen molar-refractivity contribution in [1.29, 1.82) is 0 Å². The van der Waals surface area contributed by atoms with Crippen molar-refractivity contribution in [2.75, 3.05) is 12.4 Å². The molecule has 7 heteroatoms. The number of thiophene rings is 1. The van der Waals surface area contributed by atoms with Crippen molar-refractivity contribution in [3.05, 3.63) is 42.6 Å². The number of halogens is 2. The summed E-state index contributed by atoms with van der Waals surface area (Å²) in [6.45, 7) is 0. The van der Waals surface area contributed by atoms with Gasteiger partial charge in [0.1, 0.15) is 16.9 Å². The summed E-state index contributed by atoms with van der Waals surface area (Å²) in [5.41, 5.74) is 3.08. The second-order valence-corrected chi connectivity index (χ2v) is 8.80. The zero-order chi connectivity index (χ0) is 16.8. The Kier molecular flexibility index (Phi) is 4.34. The van der Waals surface area contributed by atoms with Crippen LogP contribution >= 0.6 is 43.2 Å². The van der Waals surface area contributed by atoms with Gasteiger partial charge in [0.05, 0.1) is 21.6 Å². The maximum atomic E-state index is 12.7. The van der Waals surface area contributed by atoms with Crippen molar-refractivity contribution in [3.63, 3.8) is 0 Å². The van der Waals surface area contributed by atoms with Gasteiger partial charge in [-0.1, -0.05) is 0 Å². The second kappa shape index (κ2) is 6.35. The zero-order valence-corrected chi connectivity index (χ0v) is 17.0. The van der Waals surface area contributed by atoms with Crippen molar-refractivity contribution in [3.8, 4) is 5.75 Å². The maximum Gasteiger partial charge on any atom is 0.256 e. The van der Waals surface area contributed by atoms with E-state index >= 15 is 0 Å². The first-order valence-corrected chi connectivity index (χ1v) is 10.2. The molecule has 2 N–H and O–H groups in total. The highest BCUT2D eigenvalue weighted by Crippen LogP contribution is 2.42. The number of benzene rings is 1. The lowest BCUT2D eigenvalue weighted by molar-refractivity contribution is 0.0935. The third kappa shape index (κ3) is 2.66. The highest BCUT2D eigenvalue weighted by molar-refractivity contribution is 9.11. The molecule has 1 aliphatic carbocycles. The van der Waals surface area contributed by atoms with E-state index in [2.05, 4.69) is 42.5 Å². The number of anilines is 1. The number of rotatable bonds is 2. The predicted octanol–water partition coefficient (Wildman–Crippen LogP) is 5.01. The monoisotopic (exact) mass is 470 g/mol. The summed E-state index contributed by atoms with van der Waals surface area (Å²) in [6, 6.07) is 3.94. The molecule has 1 aromatic heterocycles. The summed E-state index contributed by atoms with van der Waals surface area (Å²) >= 11 is 8.79. The summed E-state index contributed by atoms with van der Waals surface area (Å²) in [5.74, 6) is 0.768. The van der Waals surface area contributed by atoms with Crippen LogP contribution in [0.4, 0.5) is 5.00 Å². The summed E-state index contributed by atoms with van der Waals surface area (Å²) in [6.07, 6.45) is 4.25. The smallest absolute Gasteiger partial charge is 0.256 e. The van der Waals surface area contributed by atoms with E-state index in [-0.39, 0.29) is 12.1 Å². The lowest BCUT2D eigenvalue weighted by atomic mass is 9.94. The molecule has 1 aliphatic heterocycles. The van der Waals surface area contributed by atoms with Gasteiger partial charge >= 0.3 is 0 Å². The summed E-state index contributed by atoms with van der Waals surface area (Å²) in [5, 5.41) is 7.59. The van der Waals surface area contributed by atoms with Crippen LogP contribution in [0.25, 0.3) is 0 Å². The molecular formula is C17H16Br2N2O2S. The van der Waals surface area contributed by atoms with Crippen LogP contribution in [0.15, 0.2) is 21.1 Å². The van der Waals surface area contributed by atoms with Gasteiger partial charge in [-0.3, -0.25) is 4.79 Å². The lowest BCUT2D eigenvalue weighted by Gasteiger charge is -2.27. The molecule has 1 atom stereocenters. The molecule has 0 bridgehead atoms. The number of ether oxygens (including phenoxy) is 1. The van der Waals surface area contributed by atoms with Gasteiger partial charge in [-0.2, -0.15) is 0 Å². The fourth-order valence-electron chi connectivity index (χ4n) is 3.39. The Balaban J connectivity index is 1.71. The van der Waals surface area contributed by atoms with Gasteiger partial charge < -0.3 is 15.4 Å². The van der Waals surface area contributed by atoms with Gasteiger partial charge in [0.15, 0.2) is 0 Å². The SMILES string of the molecule is COc1c(Br)cc(C2NC(=O)c3c(sc4c3CCCC4)N2)cc1Br. The van der Waals surface area contributed by atoms with Gasteiger partial charge in [-0.25, -0.2) is 0 Å². The van der Waals surface area contributed by atoms with Crippen LogP contribution in [0.5, 0.6) is 5.75 Å². The van der Waals surface area contributed by atoms with Crippen LogP contribution in [0, 0.1) is 0 Å². The predicted molar refractivity (Wildman–Crippen MR) is 103 cm³/mol. The van der Waals surface area contributed by atoms with E-state index in [1.807, 2.05) is 12.1 Å². The molecule has 0 spiro atoms. The molecule has 2 aliphatic rings. The Hall–Kier alpha value is -1.05. The van der Waals surface area contributed by atoms with E-state index in [1.165, 1.54) is 23.3 Å². The van der Waals surface area contributed by atoms with Crippen molar-refractivity contribution >= 4 is 54.1 Å². The standard InChI is InChI=1S/C17H16Br2N2O2S/c1-23-14-10(18)6-8(7-11(14)19)15-20-16(22)13-9-4-2-3-5-12(9)24-17(13)21-15/h6-7,15,21H,2-5H2,1H3,(H,20,22). The van der Waals surface area contributed by atoms with Crippen LogP contribution in [0.1, 0.15) is 45.4 Å². The number of hydrogen-bond donors (Lipinski definition) is 2. The first kappa shape index (κ1) is 16.4. The first-order valence-electron chi connectivity index (χ1n) is 7.83. The Morgan fingerprint density at radius 2 is 1.88 bits per heavy atom. The molecule has 1 aromatic carbocycles. The average Bonchev–Trinajstić information content (AvgIpc) is 2.93. The van der Waals surface area contributed by atoms with Crippen LogP contribution < -0.4 is 15.4 Å². The average molecular weight is 472 g/mol. The molecule has 2 heterocycles. The molecule has 1 amide bonds. The fourth-order valence-corrected chi connectivity index (χ4v) is 6.25. The van der Waals surface area contributed by atoms with Gasteiger partial charge in [0, 0.05) is 4.88 Å². The van der Waals surface area contributed by atoms with Crippen molar-refractivity contribution in [1.82, 2.24) is 5.32 Å². The van der Waals surface area contributed by atoms with E-state index in [0.717, 1.165) is 43.7 Å². The zero-order valence-electron chi connectivity index (χ0n) is 13.0. The van der Waals surface area contributed by atoms with Gasteiger partial charge in [0.2, 0.25) is 0 Å². The fraction of sp³-hybridized carbons (Fsp3) is 0.353. The van der Waals surface area contributed by atoms with Crippen LogP contribution in [0.3, 0.4) is 0 Å². The summed E-state index contributed by atoms with van der Waals surface area (Å²) < 4.78 is 7.05. The molecule has 0 fully saturated rings. The highest BCUT2D eigenvalue weighted by atomic mass is 79.9. The van der Waals surface area contributed by atoms with E-state index in [1.54, 1.807) is 18.4 Å². The molecule has 1 unspecified atom stereocenters. The lowest BCUT2D eigenvalue weighted by Crippen LogP contribution is -2.38. The van der Waals surface area contributed by atoms with Crippen molar-refractivity contribution in [2.45, 2.75) is 31.8 Å². The Morgan fingerprint density at radius 1 is 1.17 bits per heavy atom. The van der Waals surface area contributed by atoms with Crippen LogP contribution in [-0.4, -0.2) is 13.0 Å². The molecule has 0 radical (unpaired) electrons. The number of nitrogens with one attached hydrogen (secondary N) is 2. The minimum atomic E-state index is -0.247. The van der Waals surface area contributed by atoms with Gasteiger partial charge in [-0.15, -0.1) is 11.3 Å². The number of fused-ring (bicyclic) bond motifs is 3. The topological polar surface area (TPSA) is 50.4 Å². The van der Waals surface area contributed by atoms with Crippen molar-refractivity contribution < 1.29 is 9.53 Å². The van der Waals surface area contributed by atoms with E-state index in [4.69, 9.17) is 4.74 Å². The molecule has 24 heavy (non-hydrogen) atoms. The summed E-state index contributed by atoms with van der Waals surface area (Å²) in [7, 11) is 1.63. The third-order valence-electron chi connectivity index (χ3n) is 4.51. The van der Waals surface area contributed by atoms with E-state index < -0.39 is 0 Å². The Labute approximate surface area is 161 Å². The Morgan fingerprint density at radius 3 is 2.58 bits per heavy atom. The number of hydrogen-bond acceptors (Lipinski definition) is 4. The number of methoxy groups -OCH3 is 1. The molecule has 2 aromatic rings. The van der Waals surface area contributed by atoms with Crippen molar-refractivity contribution in [2.24, 2.45) is 0 Å². The van der Waals surface area contributed by atoms with E-state index in [0.29, 0.717) is 0 Å². The maximum absolute atomic E-state index is 12.7. The first-order chi connectivity index (χ1) is 11.6. The minimum Gasteiger partial charge on any atom is -0.494 e. The molecule has 4 nitrogen and oxygen atoms in total. The number of carbonyl (C=O) groups is 1. The molecular weight excluding hydrogens is 456 g/mol. The number of carbonyl (C=O) groups excluding carboxylic acids is 1. The molecule has 0 saturated heterocycles. The normalized spacial score (nSPS) is 19.1. The summed E-state index contributed by atoms with van der Waals surface area (Å²) in [4.78, 5) is 14.1. The minimum absolute atomic E-state index is 0.0243. The van der Waals surface area contributed by atoms with Gasteiger partial charge in [0.25, 0.3) is 5.91 Å². The third-order valence-corrected chi connectivity index (χ3v) is 6.91. The van der Waals surface area contributed by atoms with E-state index in [9.17, 15) is 4.79 Å². The largest absolute Gasteiger partial charge is 0.494 e. The number of aryl methyl sites for hydroxylation is 1. The molecule has 4 rings (SSSR count).